The molecule has 0 aliphatic carbocycles. The van der Waals surface area contributed by atoms with E-state index in [0.717, 1.165) is 16.8 Å². The lowest BCUT2D eigenvalue weighted by molar-refractivity contribution is 0.0878. The molecule has 0 aromatic heterocycles. The van der Waals surface area contributed by atoms with Crippen molar-refractivity contribution in [1.82, 2.24) is 0 Å². The molecule has 1 atom stereocenters. The fourth-order valence-electron chi connectivity index (χ4n) is 2.30. The number of rotatable bonds is 8. The van der Waals surface area contributed by atoms with E-state index in [-0.39, 0.29) is 12.5 Å². The zero-order valence-corrected chi connectivity index (χ0v) is 13.7. The van der Waals surface area contributed by atoms with E-state index < -0.39 is 0 Å². The van der Waals surface area contributed by atoms with E-state index in [1.54, 1.807) is 0 Å². The Balaban J connectivity index is 1.96. The number of benzene rings is 2. The van der Waals surface area contributed by atoms with Gasteiger partial charge in [-0.05, 0) is 29.0 Å². The van der Waals surface area contributed by atoms with Gasteiger partial charge in [0.15, 0.2) is 0 Å². The maximum Gasteiger partial charge on any atom is 0.0697 e. The van der Waals surface area contributed by atoms with Crippen LogP contribution in [0.15, 0.2) is 54.6 Å². The quantitative estimate of drug-likeness (QED) is 0.452. The molecule has 2 aromatic rings. The van der Waals surface area contributed by atoms with E-state index in [0.29, 0.717) is 13.2 Å². The van der Waals surface area contributed by atoms with Gasteiger partial charge in [0.2, 0.25) is 0 Å². The summed E-state index contributed by atoms with van der Waals surface area (Å²) in [5.74, 6) is 0.288. The lowest BCUT2D eigenvalue weighted by atomic mass is 9.96. The first-order valence-electron chi connectivity index (χ1n) is 7.60. The summed E-state index contributed by atoms with van der Waals surface area (Å²) in [6, 6.07) is 18.7. The highest BCUT2D eigenvalue weighted by molar-refractivity contribution is 7.80. The van der Waals surface area contributed by atoms with Crippen LogP contribution in [0.5, 0.6) is 0 Å². The van der Waals surface area contributed by atoms with Gasteiger partial charge in [-0.1, -0.05) is 73.7 Å². The van der Waals surface area contributed by atoms with Crippen molar-refractivity contribution in [1.29, 1.82) is 0 Å². The third kappa shape index (κ3) is 4.73. The molecule has 2 rings (SSSR count). The van der Waals surface area contributed by atoms with Gasteiger partial charge in [-0.25, -0.2) is 0 Å². The maximum absolute atomic E-state index is 8.69. The van der Waals surface area contributed by atoms with Crippen molar-refractivity contribution in [3.63, 3.8) is 0 Å². The van der Waals surface area contributed by atoms with E-state index in [9.17, 15) is 0 Å². The van der Waals surface area contributed by atoms with Gasteiger partial charge < -0.3 is 9.84 Å². The van der Waals surface area contributed by atoms with Gasteiger partial charge in [0.25, 0.3) is 0 Å². The Morgan fingerprint density at radius 3 is 2.27 bits per heavy atom. The van der Waals surface area contributed by atoms with Gasteiger partial charge in [-0.2, -0.15) is 0 Å². The highest BCUT2D eigenvalue weighted by Crippen LogP contribution is 2.21. The lowest BCUT2D eigenvalue weighted by Crippen LogP contribution is -2.13. The maximum atomic E-state index is 8.69. The molecule has 0 aliphatic rings. The van der Waals surface area contributed by atoms with Gasteiger partial charge in [0.1, 0.15) is 0 Å². The molecule has 0 radical (unpaired) electrons. The van der Waals surface area contributed by atoms with Gasteiger partial charge in [-0.15, -0.1) is 0 Å². The Bertz CT molecular complexity index is 578. The molecule has 0 fully saturated rings. The molecule has 2 aromatic carbocycles. The second-order valence-corrected chi connectivity index (χ2v) is 5.77. The van der Waals surface area contributed by atoms with Crippen LogP contribution in [-0.4, -0.2) is 29.8 Å². The third-order valence-electron chi connectivity index (χ3n) is 3.65. The van der Waals surface area contributed by atoms with Crippen LogP contribution in [0.2, 0.25) is 0 Å². The molecular weight excluding hydrogens is 292 g/mol. The van der Waals surface area contributed by atoms with Crippen molar-refractivity contribution in [3.8, 4) is 11.1 Å². The average Bonchev–Trinajstić information content (AvgIpc) is 2.59. The molecule has 0 spiro atoms. The Kier molecular flexibility index (Phi) is 6.72. The summed E-state index contributed by atoms with van der Waals surface area (Å²) in [5.41, 5.74) is 3.51. The molecule has 0 amide bonds. The topological polar surface area (TPSA) is 29.5 Å². The third-order valence-corrected chi connectivity index (χ3v) is 4.29. The van der Waals surface area contributed by atoms with Gasteiger partial charge in [-0.3, -0.25) is 0 Å². The zero-order chi connectivity index (χ0) is 15.8. The molecule has 0 heterocycles. The Hall–Kier alpha value is -1.55. The van der Waals surface area contributed by atoms with Crippen LogP contribution in [0.25, 0.3) is 11.1 Å². The monoisotopic (exact) mass is 314 g/mol. The van der Waals surface area contributed by atoms with Crippen molar-refractivity contribution in [2.24, 2.45) is 5.92 Å². The predicted octanol–water partition coefficient (Wildman–Crippen LogP) is 4.11. The van der Waals surface area contributed by atoms with Crippen LogP contribution in [0, 0.1) is 5.92 Å². The predicted molar refractivity (Wildman–Crippen MR) is 95.3 cm³/mol. The first-order valence-corrected chi connectivity index (χ1v) is 8.01. The summed E-state index contributed by atoms with van der Waals surface area (Å²) in [4.78, 5) is 0.965. The van der Waals surface area contributed by atoms with Gasteiger partial charge in [0, 0.05) is 11.5 Å². The number of aliphatic hydroxyl groups excluding tert-OH is 1. The SMILES string of the molecule is CC(CCOCCO)C(=S)c1ccc(-c2ccccc2)cc1. The highest BCUT2D eigenvalue weighted by atomic mass is 32.1. The number of thiocarbonyl (C=S) groups is 1. The van der Waals surface area contributed by atoms with E-state index in [1.807, 2.05) is 18.2 Å². The molecule has 1 unspecified atom stereocenters. The van der Waals surface area contributed by atoms with Gasteiger partial charge >= 0.3 is 0 Å². The van der Waals surface area contributed by atoms with Crippen molar-refractivity contribution >= 4 is 17.1 Å². The van der Waals surface area contributed by atoms with Crippen LogP contribution in [-0.2, 0) is 4.74 Å². The average molecular weight is 314 g/mol. The van der Waals surface area contributed by atoms with E-state index >= 15 is 0 Å². The van der Waals surface area contributed by atoms with Crippen molar-refractivity contribution in [2.75, 3.05) is 19.8 Å². The van der Waals surface area contributed by atoms with Crippen LogP contribution < -0.4 is 0 Å². The lowest BCUT2D eigenvalue weighted by Gasteiger charge is -2.14. The van der Waals surface area contributed by atoms with Gasteiger partial charge in [0.05, 0.1) is 13.2 Å². The fourth-order valence-corrected chi connectivity index (χ4v) is 2.55. The van der Waals surface area contributed by atoms with Crippen molar-refractivity contribution in [2.45, 2.75) is 13.3 Å². The summed E-state index contributed by atoms with van der Waals surface area (Å²) < 4.78 is 5.31. The molecule has 1 N–H and O–H groups in total. The summed E-state index contributed by atoms with van der Waals surface area (Å²) in [5, 5.41) is 8.69. The second kappa shape index (κ2) is 8.79. The molecule has 0 bridgehead atoms. The second-order valence-electron chi connectivity index (χ2n) is 5.33. The van der Waals surface area contributed by atoms with E-state index in [2.05, 4.69) is 43.3 Å². The summed E-state index contributed by atoms with van der Waals surface area (Å²) in [6.07, 6.45) is 0.874. The molecule has 0 saturated heterocycles. The Morgan fingerprint density at radius 1 is 1.00 bits per heavy atom. The smallest absolute Gasteiger partial charge is 0.0697 e. The largest absolute Gasteiger partial charge is 0.394 e. The molecule has 2 nitrogen and oxygen atoms in total. The molecule has 0 aliphatic heterocycles. The summed E-state index contributed by atoms with van der Waals surface area (Å²) in [7, 11) is 0. The summed E-state index contributed by atoms with van der Waals surface area (Å²) >= 11 is 5.58. The van der Waals surface area contributed by atoms with E-state index in [1.165, 1.54) is 11.1 Å². The zero-order valence-electron chi connectivity index (χ0n) is 12.9. The molecular formula is C19H22O2S. The standard InChI is InChI=1S/C19H22O2S/c1-15(11-13-21-14-12-20)19(22)18-9-7-17(8-10-18)16-5-3-2-4-6-16/h2-10,15,20H,11-14H2,1H3. The minimum Gasteiger partial charge on any atom is -0.394 e. The number of ether oxygens (including phenoxy) is 1. The minimum absolute atomic E-state index is 0.0692. The van der Waals surface area contributed by atoms with Crippen LogP contribution >= 0.6 is 12.2 Å². The van der Waals surface area contributed by atoms with Crippen molar-refractivity contribution in [3.05, 3.63) is 60.2 Å². The summed E-state index contributed by atoms with van der Waals surface area (Å²) in [6.45, 7) is 3.21. The van der Waals surface area contributed by atoms with Crippen molar-refractivity contribution < 1.29 is 9.84 Å². The molecule has 3 heteroatoms. The number of aliphatic hydroxyl groups is 1. The normalized spacial score (nSPS) is 12.1. The number of hydrogen-bond donors (Lipinski definition) is 1. The first kappa shape index (κ1) is 16.8. The molecule has 0 saturated carbocycles. The highest BCUT2D eigenvalue weighted by Gasteiger charge is 2.11. The van der Waals surface area contributed by atoms with E-state index in [4.69, 9.17) is 22.1 Å². The molecule has 22 heavy (non-hydrogen) atoms. The Morgan fingerprint density at radius 2 is 1.64 bits per heavy atom. The Labute approximate surface area is 137 Å². The van der Waals surface area contributed by atoms with Crippen LogP contribution in [0.1, 0.15) is 18.9 Å². The first-order chi connectivity index (χ1) is 10.7. The minimum atomic E-state index is 0.0692. The molecule has 116 valence electrons. The van der Waals surface area contributed by atoms with Crippen LogP contribution in [0.4, 0.5) is 0 Å². The van der Waals surface area contributed by atoms with Crippen LogP contribution in [0.3, 0.4) is 0 Å². The number of hydrogen-bond acceptors (Lipinski definition) is 3. The fraction of sp³-hybridized carbons (Fsp3) is 0.316.